The molecular formula is C11H10Cl2N4O. The Kier molecular flexibility index (Phi) is 3.45. The molecule has 0 atom stereocenters. The van der Waals surface area contributed by atoms with E-state index in [4.69, 9.17) is 28.9 Å². The smallest absolute Gasteiger partial charge is 0.256 e. The molecule has 4 N–H and O–H groups in total. The van der Waals surface area contributed by atoms with Crippen LogP contribution in [0.4, 0.5) is 11.5 Å². The number of halogens is 2. The van der Waals surface area contributed by atoms with Crippen molar-refractivity contribution in [3.8, 4) is 0 Å². The molecule has 0 aliphatic heterocycles. The van der Waals surface area contributed by atoms with Crippen LogP contribution in [0.15, 0.2) is 18.2 Å². The molecule has 0 unspecified atom stereocenters. The van der Waals surface area contributed by atoms with Gasteiger partial charge in [0, 0.05) is 5.56 Å². The number of H-pyrrole nitrogens is 1. The lowest BCUT2D eigenvalue weighted by atomic mass is 10.2. The molecule has 1 amide bonds. The van der Waals surface area contributed by atoms with Gasteiger partial charge in [-0.2, -0.15) is 5.10 Å². The molecular weight excluding hydrogens is 275 g/mol. The van der Waals surface area contributed by atoms with E-state index in [2.05, 4.69) is 15.5 Å². The van der Waals surface area contributed by atoms with Gasteiger partial charge in [0.2, 0.25) is 0 Å². The fourth-order valence-electron chi connectivity index (χ4n) is 1.35. The number of aromatic amines is 1. The van der Waals surface area contributed by atoms with Crippen molar-refractivity contribution >= 4 is 40.6 Å². The number of carbonyl (C=O) groups excluding carboxylic acids is 1. The third-order valence-corrected chi connectivity index (χ3v) is 3.15. The fraction of sp³-hybridized carbons (Fsp3) is 0.0909. The van der Waals surface area contributed by atoms with E-state index in [9.17, 15) is 4.79 Å². The summed E-state index contributed by atoms with van der Waals surface area (Å²) in [6, 6.07) is 4.60. The largest absolute Gasteiger partial charge is 0.394 e. The normalized spacial score (nSPS) is 10.4. The number of rotatable bonds is 2. The summed E-state index contributed by atoms with van der Waals surface area (Å²) < 4.78 is 0. The molecule has 0 aliphatic carbocycles. The molecule has 0 spiro atoms. The number of hydrogen-bond donors (Lipinski definition) is 3. The van der Waals surface area contributed by atoms with E-state index >= 15 is 0 Å². The van der Waals surface area contributed by atoms with Crippen molar-refractivity contribution in [3.63, 3.8) is 0 Å². The molecule has 7 heteroatoms. The zero-order valence-electron chi connectivity index (χ0n) is 9.42. The number of benzene rings is 1. The van der Waals surface area contributed by atoms with Crippen LogP contribution in [0.5, 0.6) is 0 Å². The van der Waals surface area contributed by atoms with E-state index in [0.717, 1.165) is 0 Å². The average molecular weight is 285 g/mol. The Balaban J connectivity index is 2.22. The van der Waals surface area contributed by atoms with Gasteiger partial charge in [0.1, 0.15) is 0 Å². The van der Waals surface area contributed by atoms with Crippen molar-refractivity contribution in [1.29, 1.82) is 0 Å². The fourth-order valence-corrected chi connectivity index (χ4v) is 1.65. The van der Waals surface area contributed by atoms with Crippen LogP contribution in [-0.2, 0) is 0 Å². The topological polar surface area (TPSA) is 83.8 Å². The first-order chi connectivity index (χ1) is 8.49. The molecule has 0 bridgehead atoms. The Hall–Kier alpha value is -1.72. The molecule has 1 aromatic carbocycles. The Morgan fingerprint density at radius 1 is 1.39 bits per heavy atom. The van der Waals surface area contributed by atoms with Gasteiger partial charge in [0.15, 0.2) is 5.82 Å². The zero-order chi connectivity index (χ0) is 13.3. The summed E-state index contributed by atoms with van der Waals surface area (Å²) >= 11 is 11.6. The van der Waals surface area contributed by atoms with Gasteiger partial charge in [-0.05, 0) is 25.1 Å². The first-order valence-corrected chi connectivity index (χ1v) is 5.81. The summed E-state index contributed by atoms with van der Waals surface area (Å²) in [4.78, 5) is 11.9. The minimum absolute atomic E-state index is 0.295. The van der Waals surface area contributed by atoms with Crippen LogP contribution in [-0.4, -0.2) is 16.1 Å². The third kappa shape index (κ3) is 2.42. The van der Waals surface area contributed by atoms with E-state index in [-0.39, 0.29) is 5.91 Å². The van der Waals surface area contributed by atoms with Gasteiger partial charge >= 0.3 is 0 Å². The molecule has 0 fully saturated rings. The Bertz CT molecular complexity index is 609. The number of aryl methyl sites for hydroxylation is 1. The molecule has 0 saturated heterocycles. The van der Waals surface area contributed by atoms with Crippen molar-refractivity contribution < 1.29 is 4.79 Å². The Labute approximate surface area is 113 Å². The van der Waals surface area contributed by atoms with Crippen LogP contribution in [0.1, 0.15) is 16.1 Å². The van der Waals surface area contributed by atoms with Gasteiger partial charge in [-0.25, -0.2) is 0 Å². The van der Waals surface area contributed by atoms with E-state index in [0.29, 0.717) is 32.8 Å². The maximum absolute atomic E-state index is 11.9. The van der Waals surface area contributed by atoms with E-state index < -0.39 is 0 Å². The number of aromatic nitrogens is 2. The lowest BCUT2D eigenvalue weighted by molar-refractivity contribution is 0.102. The predicted octanol–water partition coefficient (Wildman–Crippen LogP) is 2.86. The number of hydrogen-bond acceptors (Lipinski definition) is 3. The first-order valence-electron chi connectivity index (χ1n) is 5.06. The molecule has 0 radical (unpaired) electrons. The van der Waals surface area contributed by atoms with E-state index in [1.807, 2.05) is 0 Å². The van der Waals surface area contributed by atoms with Gasteiger partial charge in [-0.1, -0.05) is 23.2 Å². The quantitative estimate of drug-likeness (QED) is 0.793. The Morgan fingerprint density at radius 2 is 2.11 bits per heavy atom. The molecule has 18 heavy (non-hydrogen) atoms. The van der Waals surface area contributed by atoms with Crippen LogP contribution >= 0.6 is 23.2 Å². The standard InChI is InChI=1S/C11H10Cl2N4O/c1-5-9(14)10(17-16-5)15-11(18)6-2-3-7(12)8(13)4-6/h2-4H,14H2,1H3,(H2,15,16,17,18). The number of nitrogens with zero attached hydrogens (tertiary/aromatic N) is 1. The highest BCUT2D eigenvalue weighted by molar-refractivity contribution is 6.42. The molecule has 0 aliphatic rings. The van der Waals surface area contributed by atoms with Crippen molar-refractivity contribution in [1.82, 2.24) is 10.2 Å². The lowest BCUT2D eigenvalue weighted by Crippen LogP contribution is -2.13. The maximum atomic E-state index is 11.9. The molecule has 0 saturated carbocycles. The number of anilines is 2. The minimum atomic E-state index is -0.355. The summed E-state index contributed by atoms with van der Waals surface area (Å²) in [6.07, 6.45) is 0. The van der Waals surface area contributed by atoms with Gasteiger partial charge in [-0.15, -0.1) is 0 Å². The van der Waals surface area contributed by atoms with Gasteiger partial charge in [-0.3, -0.25) is 9.89 Å². The third-order valence-electron chi connectivity index (χ3n) is 2.41. The van der Waals surface area contributed by atoms with Crippen LogP contribution in [0.25, 0.3) is 0 Å². The molecule has 2 rings (SSSR count). The van der Waals surface area contributed by atoms with Gasteiger partial charge < -0.3 is 11.1 Å². The van der Waals surface area contributed by atoms with Gasteiger partial charge in [0.05, 0.1) is 21.4 Å². The predicted molar refractivity (Wildman–Crippen MR) is 72.2 cm³/mol. The highest BCUT2D eigenvalue weighted by atomic mass is 35.5. The molecule has 2 aromatic rings. The lowest BCUT2D eigenvalue weighted by Gasteiger charge is -2.04. The van der Waals surface area contributed by atoms with E-state index in [1.54, 1.807) is 19.1 Å². The summed E-state index contributed by atoms with van der Waals surface area (Å²) in [6.45, 7) is 1.76. The number of carbonyl (C=O) groups is 1. The number of nitrogen functional groups attached to an aromatic ring is 1. The van der Waals surface area contributed by atoms with Crippen LogP contribution in [0.3, 0.4) is 0 Å². The van der Waals surface area contributed by atoms with Crippen LogP contribution in [0.2, 0.25) is 10.0 Å². The molecule has 5 nitrogen and oxygen atoms in total. The van der Waals surface area contributed by atoms with Gasteiger partial charge in [0.25, 0.3) is 5.91 Å². The zero-order valence-corrected chi connectivity index (χ0v) is 10.9. The molecule has 1 heterocycles. The number of nitrogens with one attached hydrogen (secondary N) is 2. The molecule has 1 aromatic heterocycles. The second-order valence-corrected chi connectivity index (χ2v) is 4.51. The summed E-state index contributed by atoms with van der Waals surface area (Å²) in [5.41, 5.74) is 7.21. The SMILES string of the molecule is Cc1[nH]nc(NC(=O)c2ccc(Cl)c(Cl)c2)c1N. The molecule has 94 valence electrons. The second kappa shape index (κ2) is 4.88. The minimum Gasteiger partial charge on any atom is -0.394 e. The average Bonchev–Trinajstić information content (AvgIpc) is 2.64. The highest BCUT2D eigenvalue weighted by Crippen LogP contribution is 2.24. The highest BCUT2D eigenvalue weighted by Gasteiger charge is 2.12. The van der Waals surface area contributed by atoms with Crippen molar-refractivity contribution in [2.24, 2.45) is 0 Å². The summed E-state index contributed by atoms with van der Waals surface area (Å²) in [5.74, 6) is -0.0599. The van der Waals surface area contributed by atoms with Crippen molar-refractivity contribution in [2.75, 3.05) is 11.1 Å². The van der Waals surface area contributed by atoms with Crippen LogP contribution < -0.4 is 11.1 Å². The van der Waals surface area contributed by atoms with Crippen molar-refractivity contribution in [2.45, 2.75) is 6.92 Å². The summed E-state index contributed by atoms with van der Waals surface area (Å²) in [5, 5.41) is 9.85. The second-order valence-electron chi connectivity index (χ2n) is 3.69. The summed E-state index contributed by atoms with van der Waals surface area (Å²) in [7, 11) is 0. The van der Waals surface area contributed by atoms with Crippen molar-refractivity contribution in [3.05, 3.63) is 39.5 Å². The Morgan fingerprint density at radius 3 is 2.67 bits per heavy atom. The number of nitrogens with two attached hydrogens (primary N) is 1. The van der Waals surface area contributed by atoms with Crippen LogP contribution in [0, 0.1) is 6.92 Å². The number of amides is 1. The van der Waals surface area contributed by atoms with E-state index in [1.165, 1.54) is 6.07 Å². The monoisotopic (exact) mass is 284 g/mol. The first kappa shape index (κ1) is 12.7. The maximum Gasteiger partial charge on any atom is 0.256 e.